The van der Waals surface area contributed by atoms with Gasteiger partial charge < -0.3 is 73.9 Å². The third kappa shape index (κ3) is 19.2. The quantitative estimate of drug-likeness (QED) is 0.00432. The van der Waals surface area contributed by atoms with E-state index in [9.17, 15) is 24.3 Å². The Balaban J connectivity index is 0.747. The minimum Gasteiger partial charge on any atom is -0.497 e. The van der Waals surface area contributed by atoms with Crippen molar-refractivity contribution in [2.24, 2.45) is 16.7 Å². The van der Waals surface area contributed by atoms with Crippen LogP contribution in [0, 0.1) is 5.53 Å². The zero-order chi connectivity index (χ0) is 62.8. The molecule has 2 heterocycles. The van der Waals surface area contributed by atoms with Crippen LogP contribution in [0.1, 0.15) is 86.3 Å². The molecule has 1 unspecified atom stereocenters. The van der Waals surface area contributed by atoms with E-state index in [0.29, 0.717) is 55.1 Å². The summed E-state index contributed by atoms with van der Waals surface area (Å²) in [6, 6.07) is 50.2. The Kier molecular flexibility index (Phi) is 25.2. The zero-order valence-corrected chi connectivity index (χ0v) is 49.8. The van der Waals surface area contributed by atoms with Gasteiger partial charge in [-0.3, -0.25) is 4.79 Å². The number of hydrogen-bond donors (Lipinski definition) is 6. The maximum atomic E-state index is 13.4. The van der Waals surface area contributed by atoms with Crippen LogP contribution < -0.4 is 31.7 Å². The summed E-state index contributed by atoms with van der Waals surface area (Å²) in [5.74, 6) is 5.43. The Morgan fingerprint density at radius 1 is 0.685 bits per heavy atom. The first-order valence-corrected chi connectivity index (χ1v) is 29.3. The van der Waals surface area contributed by atoms with Crippen molar-refractivity contribution in [3.05, 3.63) is 227 Å². The van der Waals surface area contributed by atoms with Crippen molar-refractivity contribution >= 4 is 23.8 Å². The van der Waals surface area contributed by atoms with Gasteiger partial charge in [0.25, 0.3) is 0 Å². The number of hydrazine groups is 1. The number of carbonyl (C=O) groups is 4. The second-order valence-electron chi connectivity index (χ2n) is 21.0. The maximum absolute atomic E-state index is 13.4. The number of unbranched alkanes of at least 4 members (excludes halogenated alkanes) is 1. The van der Waals surface area contributed by atoms with E-state index in [2.05, 4.69) is 15.7 Å². The highest BCUT2D eigenvalue weighted by atomic mass is 16.7. The van der Waals surface area contributed by atoms with Gasteiger partial charge in [-0.2, -0.15) is 5.11 Å². The van der Waals surface area contributed by atoms with Gasteiger partial charge in [-0.1, -0.05) is 109 Å². The van der Waals surface area contributed by atoms with Crippen LogP contribution in [0.2, 0.25) is 0 Å². The third-order valence-corrected chi connectivity index (χ3v) is 14.7. The van der Waals surface area contributed by atoms with E-state index < -0.39 is 66.5 Å². The third-order valence-electron chi connectivity index (χ3n) is 14.7. The summed E-state index contributed by atoms with van der Waals surface area (Å²) < 4.78 is 59.9. The predicted molar refractivity (Wildman–Crippen MR) is 327 cm³/mol. The summed E-state index contributed by atoms with van der Waals surface area (Å²) in [5, 5.41) is 22.2. The minimum absolute atomic E-state index is 0.0128. The van der Waals surface area contributed by atoms with E-state index in [1.54, 1.807) is 105 Å². The first-order chi connectivity index (χ1) is 43.3. The van der Waals surface area contributed by atoms with Gasteiger partial charge in [-0.25, -0.2) is 25.8 Å². The van der Waals surface area contributed by atoms with Crippen molar-refractivity contribution in [3.63, 3.8) is 0 Å². The lowest BCUT2D eigenvalue weighted by Gasteiger charge is -2.40. The lowest BCUT2D eigenvalue weighted by Crippen LogP contribution is -2.54. The summed E-state index contributed by atoms with van der Waals surface area (Å²) >= 11 is 0. The van der Waals surface area contributed by atoms with Crippen LogP contribution in [0.5, 0.6) is 11.5 Å². The number of methoxy groups -OCH3 is 2. The summed E-state index contributed by atoms with van der Waals surface area (Å²) in [7, 11) is 3.22. The molecule has 0 aliphatic carbocycles. The van der Waals surface area contributed by atoms with E-state index in [1.165, 1.54) is 17.4 Å². The van der Waals surface area contributed by atoms with Crippen molar-refractivity contribution in [2.45, 2.75) is 87.2 Å². The molecule has 6 aromatic carbocycles. The highest BCUT2D eigenvalue weighted by molar-refractivity contribution is 5.91. The number of esters is 3. The average Bonchev–Trinajstić information content (AvgIpc) is 1.34. The summed E-state index contributed by atoms with van der Waals surface area (Å²) in [6.07, 6.45) is -1.60. The van der Waals surface area contributed by atoms with Gasteiger partial charge in [-0.15, -0.1) is 0 Å². The van der Waals surface area contributed by atoms with Gasteiger partial charge in [0.2, 0.25) is 5.91 Å². The van der Waals surface area contributed by atoms with Crippen LogP contribution in [0.25, 0.3) is 0 Å². The molecule has 0 spiro atoms. The smallest absolute Gasteiger partial charge is 0.338 e. The van der Waals surface area contributed by atoms with Crippen molar-refractivity contribution in [2.75, 3.05) is 60.3 Å². The molecule has 8 rings (SSSR count). The molecule has 0 radical (unpaired) electrons. The minimum atomic E-state index is -1.19. The molecule has 1 amide bonds. The number of rotatable bonds is 33. The normalized spacial score (nSPS) is 19.3. The number of amides is 1. The Labute approximate surface area is 517 Å². The highest BCUT2D eigenvalue weighted by Gasteiger charge is 2.46. The number of carbonyl (C=O) groups excluding carboxylic acids is 4. The Bertz CT molecular complexity index is 3190. The summed E-state index contributed by atoms with van der Waals surface area (Å²) in [6.45, 7) is 0.465. The number of benzene rings is 6. The van der Waals surface area contributed by atoms with Gasteiger partial charge in [0.05, 0.1) is 62.5 Å². The molecule has 7 atom stereocenters. The molecule has 6 aromatic rings. The maximum Gasteiger partial charge on any atom is 0.338 e. The van der Waals surface area contributed by atoms with Gasteiger partial charge in [0, 0.05) is 51.4 Å². The lowest BCUT2D eigenvalue weighted by molar-refractivity contribution is -0.256. The molecule has 2 aliphatic heterocycles. The summed E-state index contributed by atoms with van der Waals surface area (Å²) in [5.41, 5.74) is 16.8. The first-order valence-electron chi connectivity index (χ1n) is 29.3. The Morgan fingerprint density at radius 3 is 1.83 bits per heavy atom. The number of hydrogen-bond acceptors (Lipinski definition) is 21. The number of nitrogens with zero attached hydrogens (tertiary/aromatic N) is 2. The number of aliphatic hydroxyl groups is 1. The molecule has 470 valence electrons. The molecular formula is C67H77N7O15. The second kappa shape index (κ2) is 33.9. The van der Waals surface area contributed by atoms with Gasteiger partial charge >= 0.3 is 17.9 Å². The Hall–Kier alpha value is -9.00. The van der Waals surface area contributed by atoms with E-state index in [1.807, 2.05) is 78.9 Å². The molecule has 2 aliphatic rings. The molecule has 0 bridgehead atoms. The SMILES string of the molecule is COc1ccc(C(OC[C@H]2O[C@H](N/C=C(/COC/C(N)=C/N(N)CCCNC(=O)CCCCO[C@H]3C[C@@H](OC(=O)c4ccccc4)[C@@H](OC(=O)c4ccccc4)[C@@H](COC(=O)c4ccccc4)O3)N=N)CC2O)(c2ccccc2)c2ccc(OC)cc2)cc1. The molecule has 0 aromatic heterocycles. The molecule has 22 nitrogen and oxygen atoms in total. The van der Waals surface area contributed by atoms with Crippen LogP contribution in [0.3, 0.4) is 0 Å². The molecule has 0 saturated carbocycles. The average molecular weight is 1220 g/mol. The van der Waals surface area contributed by atoms with E-state index >= 15 is 0 Å². The fraction of sp³-hybridized carbons (Fsp3) is 0.343. The highest BCUT2D eigenvalue weighted by Crippen LogP contribution is 2.42. The van der Waals surface area contributed by atoms with Crippen molar-refractivity contribution in [1.82, 2.24) is 15.6 Å². The summed E-state index contributed by atoms with van der Waals surface area (Å²) in [4.78, 5) is 52.7. The predicted octanol–water partition coefficient (Wildman–Crippen LogP) is 8.06. The molecule has 2 saturated heterocycles. The van der Waals surface area contributed by atoms with Crippen LogP contribution >= 0.6 is 0 Å². The number of ether oxygens (including phenoxy) is 10. The number of aliphatic hydroxyl groups excluding tert-OH is 1. The molecule has 89 heavy (non-hydrogen) atoms. The zero-order valence-electron chi connectivity index (χ0n) is 49.8. The number of nitrogens with one attached hydrogen (secondary N) is 3. The van der Waals surface area contributed by atoms with E-state index in [4.69, 9.17) is 64.5 Å². The topological polar surface area (TPSA) is 296 Å². The van der Waals surface area contributed by atoms with Gasteiger partial charge in [0.15, 0.2) is 12.4 Å². The van der Waals surface area contributed by atoms with E-state index in [-0.39, 0.29) is 75.0 Å². The lowest BCUT2D eigenvalue weighted by atomic mass is 9.80. The fourth-order valence-electron chi connectivity index (χ4n) is 10.1. The van der Waals surface area contributed by atoms with Gasteiger partial charge in [-0.05, 0) is 96.6 Å². The van der Waals surface area contributed by atoms with Crippen LogP contribution in [0.4, 0.5) is 0 Å². The van der Waals surface area contributed by atoms with Crippen LogP contribution in [0.15, 0.2) is 199 Å². The molecule has 8 N–H and O–H groups in total. The van der Waals surface area contributed by atoms with Crippen molar-refractivity contribution in [1.29, 1.82) is 5.53 Å². The largest absolute Gasteiger partial charge is 0.497 e. The first kappa shape index (κ1) is 66.0. The van der Waals surface area contributed by atoms with Crippen molar-refractivity contribution in [3.8, 4) is 11.5 Å². The van der Waals surface area contributed by atoms with Crippen molar-refractivity contribution < 1.29 is 71.7 Å². The standard InChI is InChI=1S/C67H77N7O15/c1-80-54-31-27-50(28-32-54)67(49-24-13-6-14-25-49,51-29-33-55(81-2)34-30-51)85-45-58-56(75)38-61(86-58)72-40-53(73-69)43-82-42-52(68)41-74(70)36-17-35-71-60(76)26-15-16-37-83-62-39-57(88-65(78)47-20-9-4-10-21-47)63(89-66(79)48-22-11-5-12-23-48)59(87-62)44-84-64(77)46-18-7-3-8-19-46/h3-14,18-25,27-34,40-41,56-59,61-63,69,72,75H,15-17,26,35-39,42-45,68,70H2,1-2H3,(H,71,76)/b52-41-,53-40-,73-69?/t56?,57-,58-,59-,61+,62-,63-/m1/s1. The molecule has 2 fully saturated rings. The number of nitrogens with two attached hydrogens (primary N) is 2. The second-order valence-corrected chi connectivity index (χ2v) is 21.0. The molecular weight excluding hydrogens is 1140 g/mol. The van der Waals surface area contributed by atoms with Crippen LogP contribution in [-0.4, -0.2) is 137 Å². The Morgan fingerprint density at radius 2 is 1.25 bits per heavy atom. The monoisotopic (exact) mass is 1220 g/mol. The van der Waals surface area contributed by atoms with Crippen LogP contribution in [-0.2, 0) is 48.3 Å². The van der Waals surface area contributed by atoms with E-state index in [0.717, 1.165) is 16.7 Å². The fourth-order valence-corrected chi connectivity index (χ4v) is 10.1. The van der Waals surface area contributed by atoms with Gasteiger partial charge in [0.1, 0.15) is 53.9 Å². The molecule has 22 heteroatoms.